The lowest BCUT2D eigenvalue weighted by Crippen LogP contribution is -1.99. The lowest BCUT2D eigenvalue weighted by atomic mass is 10.1. The van der Waals surface area contributed by atoms with Crippen molar-refractivity contribution in [3.63, 3.8) is 0 Å². The highest BCUT2D eigenvalue weighted by molar-refractivity contribution is 7.16. The van der Waals surface area contributed by atoms with E-state index in [0.717, 1.165) is 38.5 Å². The van der Waals surface area contributed by atoms with Crippen LogP contribution in [0.2, 0.25) is 5.02 Å². The largest absolute Gasteiger partial charge is 0.497 e. The first-order valence-corrected chi connectivity index (χ1v) is 8.98. The van der Waals surface area contributed by atoms with Crippen LogP contribution in [-0.2, 0) is 12.8 Å². The second-order valence-electron chi connectivity index (χ2n) is 5.63. The molecule has 0 atom stereocenters. The van der Waals surface area contributed by atoms with Crippen molar-refractivity contribution in [2.75, 3.05) is 7.11 Å². The normalized spacial score (nSPS) is 11.1. The average molecular weight is 371 g/mol. The number of aromatic nitrogens is 4. The molecule has 0 radical (unpaired) electrons. The van der Waals surface area contributed by atoms with Gasteiger partial charge in [-0.3, -0.25) is 0 Å². The number of hydrogen-bond donors (Lipinski definition) is 0. The molecule has 0 N–H and O–H groups in total. The molecule has 2 heterocycles. The minimum Gasteiger partial charge on any atom is -0.497 e. The van der Waals surface area contributed by atoms with Crippen LogP contribution in [0.5, 0.6) is 5.75 Å². The summed E-state index contributed by atoms with van der Waals surface area (Å²) in [5.41, 5.74) is 2.31. The first-order valence-electron chi connectivity index (χ1n) is 7.78. The van der Waals surface area contributed by atoms with Crippen LogP contribution in [0.4, 0.5) is 0 Å². The third kappa shape index (κ3) is 3.50. The fourth-order valence-electron chi connectivity index (χ4n) is 2.58. The Labute approximate surface area is 153 Å². The van der Waals surface area contributed by atoms with E-state index in [1.54, 1.807) is 18.4 Å². The maximum Gasteiger partial charge on any atom is 0.234 e. The number of halogens is 1. The first-order chi connectivity index (χ1) is 12.2. The monoisotopic (exact) mass is 370 g/mol. The van der Waals surface area contributed by atoms with Crippen molar-refractivity contribution in [1.82, 2.24) is 19.8 Å². The van der Waals surface area contributed by atoms with Gasteiger partial charge in [-0.2, -0.15) is 9.61 Å². The van der Waals surface area contributed by atoms with Crippen LogP contribution in [-0.4, -0.2) is 26.9 Å². The molecule has 0 bridgehead atoms. The molecule has 2 aromatic carbocycles. The smallest absolute Gasteiger partial charge is 0.234 e. The first kappa shape index (κ1) is 16.1. The molecule has 5 nitrogen and oxygen atoms in total. The Kier molecular flexibility index (Phi) is 4.38. The topological polar surface area (TPSA) is 52.3 Å². The quantitative estimate of drug-likeness (QED) is 0.532. The molecule has 0 aliphatic heterocycles. The van der Waals surface area contributed by atoms with Gasteiger partial charge in [0.1, 0.15) is 10.8 Å². The molecule has 4 aromatic rings. The molecule has 25 heavy (non-hydrogen) atoms. The second kappa shape index (κ2) is 6.82. The van der Waals surface area contributed by atoms with E-state index in [4.69, 9.17) is 16.3 Å². The summed E-state index contributed by atoms with van der Waals surface area (Å²) in [4.78, 5) is 0.812. The molecule has 4 rings (SSSR count). The van der Waals surface area contributed by atoms with Gasteiger partial charge in [-0.05, 0) is 35.4 Å². The molecule has 0 unspecified atom stereocenters. The van der Waals surface area contributed by atoms with E-state index < -0.39 is 0 Å². The van der Waals surface area contributed by atoms with Crippen LogP contribution in [0.25, 0.3) is 4.96 Å². The van der Waals surface area contributed by atoms with Crippen LogP contribution in [0.1, 0.15) is 22.0 Å². The van der Waals surface area contributed by atoms with Crippen LogP contribution in [0, 0.1) is 0 Å². The van der Waals surface area contributed by atoms with E-state index in [1.807, 2.05) is 53.0 Å². The molecule has 0 saturated carbocycles. The predicted molar refractivity (Wildman–Crippen MR) is 98.7 cm³/mol. The van der Waals surface area contributed by atoms with Crippen molar-refractivity contribution in [2.24, 2.45) is 0 Å². The maximum atomic E-state index is 5.94. The van der Waals surface area contributed by atoms with Gasteiger partial charge in [0.25, 0.3) is 0 Å². The third-order valence-electron chi connectivity index (χ3n) is 3.89. The Morgan fingerprint density at radius 3 is 2.36 bits per heavy atom. The van der Waals surface area contributed by atoms with Gasteiger partial charge in [-0.1, -0.05) is 47.2 Å². The molecule has 2 aromatic heterocycles. The minimum absolute atomic E-state index is 0.676. The van der Waals surface area contributed by atoms with Crippen molar-refractivity contribution >= 4 is 27.9 Å². The van der Waals surface area contributed by atoms with Crippen molar-refractivity contribution in [1.29, 1.82) is 0 Å². The summed E-state index contributed by atoms with van der Waals surface area (Å²) >= 11 is 7.49. The van der Waals surface area contributed by atoms with Gasteiger partial charge in [-0.15, -0.1) is 10.2 Å². The van der Waals surface area contributed by atoms with Gasteiger partial charge in [0.15, 0.2) is 5.82 Å². The number of benzene rings is 2. The van der Waals surface area contributed by atoms with E-state index in [0.29, 0.717) is 6.42 Å². The van der Waals surface area contributed by atoms with E-state index in [-0.39, 0.29) is 0 Å². The van der Waals surface area contributed by atoms with Gasteiger partial charge in [0.05, 0.1) is 7.11 Å². The standard InChI is InChI=1S/C18H15ClN4OS/c1-24-15-8-4-12(5-9-15)10-16-20-21-18-23(16)22-17(25-18)11-13-2-6-14(19)7-3-13/h2-9H,10-11H2,1H3. The molecule has 0 spiro atoms. The molecule has 0 fully saturated rings. The SMILES string of the molecule is COc1ccc(Cc2nnc3sc(Cc4ccc(Cl)cc4)nn23)cc1. The highest BCUT2D eigenvalue weighted by Gasteiger charge is 2.12. The highest BCUT2D eigenvalue weighted by Crippen LogP contribution is 2.20. The Balaban J connectivity index is 1.56. The Morgan fingerprint density at radius 1 is 0.960 bits per heavy atom. The molecular formula is C18H15ClN4OS. The van der Waals surface area contributed by atoms with Crippen molar-refractivity contribution < 1.29 is 4.74 Å². The molecule has 126 valence electrons. The lowest BCUT2D eigenvalue weighted by Gasteiger charge is -2.01. The fourth-order valence-corrected chi connectivity index (χ4v) is 3.59. The fraction of sp³-hybridized carbons (Fsp3) is 0.167. The zero-order valence-electron chi connectivity index (χ0n) is 13.5. The van der Waals surface area contributed by atoms with Gasteiger partial charge in [-0.25, -0.2) is 0 Å². The Morgan fingerprint density at radius 2 is 1.64 bits per heavy atom. The number of hydrogen-bond acceptors (Lipinski definition) is 5. The van der Waals surface area contributed by atoms with Gasteiger partial charge < -0.3 is 4.74 Å². The molecule has 0 saturated heterocycles. The summed E-state index contributed by atoms with van der Waals surface area (Å²) in [5, 5.41) is 14.9. The summed E-state index contributed by atoms with van der Waals surface area (Å²) < 4.78 is 7.02. The van der Waals surface area contributed by atoms with E-state index in [2.05, 4.69) is 15.3 Å². The van der Waals surface area contributed by atoms with Crippen LogP contribution >= 0.6 is 22.9 Å². The predicted octanol–water partition coefficient (Wildman–Crippen LogP) is 4.03. The number of nitrogens with zero attached hydrogens (tertiary/aromatic N) is 4. The summed E-state index contributed by atoms with van der Waals surface area (Å²) in [6.07, 6.45) is 1.43. The summed E-state index contributed by atoms with van der Waals surface area (Å²) in [7, 11) is 1.66. The van der Waals surface area contributed by atoms with Gasteiger partial charge in [0, 0.05) is 17.9 Å². The number of rotatable bonds is 5. The summed E-state index contributed by atoms with van der Waals surface area (Å²) in [5.74, 6) is 1.67. The lowest BCUT2D eigenvalue weighted by molar-refractivity contribution is 0.414. The van der Waals surface area contributed by atoms with Gasteiger partial charge in [0.2, 0.25) is 4.96 Å². The van der Waals surface area contributed by atoms with Crippen LogP contribution in [0.15, 0.2) is 48.5 Å². The van der Waals surface area contributed by atoms with Crippen LogP contribution in [0.3, 0.4) is 0 Å². The second-order valence-corrected chi connectivity index (χ2v) is 7.11. The molecule has 7 heteroatoms. The molecule has 0 aliphatic rings. The number of methoxy groups -OCH3 is 1. The average Bonchev–Trinajstić information content (AvgIpc) is 3.19. The highest BCUT2D eigenvalue weighted by atomic mass is 35.5. The third-order valence-corrected chi connectivity index (χ3v) is 5.04. The minimum atomic E-state index is 0.676. The summed E-state index contributed by atoms with van der Waals surface area (Å²) in [6.45, 7) is 0. The van der Waals surface area contributed by atoms with E-state index in [1.165, 1.54) is 5.56 Å². The van der Waals surface area contributed by atoms with Crippen molar-refractivity contribution in [3.05, 3.63) is 75.5 Å². The van der Waals surface area contributed by atoms with Crippen molar-refractivity contribution in [2.45, 2.75) is 12.8 Å². The maximum absolute atomic E-state index is 5.94. The van der Waals surface area contributed by atoms with Gasteiger partial charge >= 0.3 is 0 Å². The zero-order valence-corrected chi connectivity index (χ0v) is 15.1. The van der Waals surface area contributed by atoms with E-state index in [9.17, 15) is 0 Å². The Bertz CT molecular complexity index is 992. The number of ether oxygens (including phenoxy) is 1. The summed E-state index contributed by atoms with van der Waals surface area (Å²) in [6, 6.07) is 15.8. The molecule has 0 aliphatic carbocycles. The molecular weight excluding hydrogens is 356 g/mol. The van der Waals surface area contributed by atoms with Crippen LogP contribution < -0.4 is 4.74 Å². The number of fused-ring (bicyclic) bond motifs is 1. The van der Waals surface area contributed by atoms with Crippen molar-refractivity contribution in [3.8, 4) is 5.75 Å². The Hall–Kier alpha value is -2.44. The zero-order chi connectivity index (χ0) is 17.2. The molecule has 0 amide bonds. The van der Waals surface area contributed by atoms with E-state index >= 15 is 0 Å².